The van der Waals surface area contributed by atoms with Crippen LogP contribution in [0, 0.1) is 11.8 Å². The topological polar surface area (TPSA) is 113 Å². The molecule has 1 saturated heterocycles. The number of hydrogen-bond acceptors (Lipinski definition) is 6. The van der Waals surface area contributed by atoms with Gasteiger partial charge in [-0.15, -0.1) is 0 Å². The molecule has 1 unspecified atom stereocenters. The third-order valence-electron chi connectivity index (χ3n) is 9.73. The molecule has 2 aliphatic heterocycles. The van der Waals surface area contributed by atoms with Crippen molar-refractivity contribution >= 4 is 17.7 Å². The normalized spacial score (nSPS) is 24.6. The van der Waals surface area contributed by atoms with E-state index in [1.807, 2.05) is 17.0 Å². The van der Waals surface area contributed by atoms with E-state index < -0.39 is 11.9 Å². The standard InChI is InChI=1S/C34H53N3O5/c1-2-3-18-36(19-8-7-17-35)32(39)24-37-23-29(26-14-15-31-27(22-26)16-20-42-31)33(34(40)41)30(37)13-9-11-25-10-5-4-6-12-28(38)21-25/h14-15,22,25,29-30,33H,2-13,16-21,23-24,35H2,1H3,(H,40,41)/t25?,29-,30+,33-/m1/s1. The van der Waals surface area contributed by atoms with Crippen molar-refractivity contribution in [2.24, 2.45) is 17.6 Å². The van der Waals surface area contributed by atoms with E-state index in [4.69, 9.17) is 10.5 Å². The number of fused-ring (bicyclic) bond motifs is 1. The predicted molar refractivity (Wildman–Crippen MR) is 165 cm³/mol. The molecule has 1 aromatic carbocycles. The lowest BCUT2D eigenvalue weighted by Gasteiger charge is -2.30. The maximum absolute atomic E-state index is 13.7. The molecule has 4 rings (SSSR count). The van der Waals surface area contributed by atoms with E-state index in [1.165, 1.54) is 6.42 Å². The Hall–Kier alpha value is -2.45. The van der Waals surface area contributed by atoms with E-state index in [-0.39, 0.29) is 24.4 Å². The van der Waals surface area contributed by atoms with Gasteiger partial charge in [-0.25, -0.2) is 0 Å². The number of ether oxygens (including phenoxy) is 1. The minimum atomic E-state index is -0.788. The third kappa shape index (κ3) is 8.79. The van der Waals surface area contributed by atoms with Gasteiger partial charge in [-0.2, -0.15) is 0 Å². The van der Waals surface area contributed by atoms with Crippen LogP contribution in [0.25, 0.3) is 0 Å². The molecular weight excluding hydrogens is 530 g/mol. The third-order valence-corrected chi connectivity index (χ3v) is 9.73. The quantitative estimate of drug-likeness (QED) is 0.274. The Morgan fingerprint density at radius 2 is 1.90 bits per heavy atom. The van der Waals surface area contributed by atoms with E-state index in [2.05, 4.69) is 17.9 Å². The van der Waals surface area contributed by atoms with Crippen LogP contribution in [0.3, 0.4) is 0 Å². The number of Topliss-reactive ketones (excluding diaryl/α,β-unsaturated/α-hetero) is 1. The molecule has 3 aliphatic rings. The van der Waals surface area contributed by atoms with Crippen LogP contribution in [-0.4, -0.2) is 77.9 Å². The van der Waals surface area contributed by atoms with Gasteiger partial charge >= 0.3 is 5.97 Å². The average molecular weight is 584 g/mol. The fourth-order valence-corrected chi connectivity index (χ4v) is 7.38. The highest BCUT2D eigenvalue weighted by Gasteiger charge is 2.47. The highest BCUT2D eigenvalue weighted by molar-refractivity contribution is 5.79. The van der Waals surface area contributed by atoms with Gasteiger partial charge in [-0.3, -0.25) is 19.3 Å². The number of hydrogen-bond donors (Lipinski definition) is 2. The molecule has 0 bridgehead atoms. The number of carboxylic acids is 1. The zero-order chi connectivity index (χ0) is 29.9. The number of likely N-dealkylation sites (tertiary alicyclic amines) is 1. The molecule has 3 N–H and O–H groups in total. The molecule has 1 aliphatic carbocycles. The number of carbonyl (C=O) groups excluding carboxylic acids is 2. The number of rotatable bonds is 15. The Morgan fingerprint density at radius 3 is 2.69 bits per heavy atom. The Kier molecular flexibility index (Phi) is 12.7. The van der Waals surface area contributed by atoms with Crippen molar-refractivity contribution in [2.45, 2.75) is 109 Å². The second-order valence-corrected chi connectivity index (χ2v) is 12.8. The van der Waals surface area contributed by atoms with E-state index in [9.17, 15) is 19.5 Å². The van der Waals surface area contributed by atoms with E-state index >= 15 is 0 Å². The van der Waals surface area contributed by atoms with Crippen molar-refractivity contribution in [3.8, 4) is 5.75 Å². The summed E-state index contributed by atoms with van der Waals surface area (Å²) in [5.41, 5.74) is 7.89. The molecule has 8 nitrogen and oxygen atoms in total. The molecule has 2 fully saturated rings. The van der Waals surface area contributed by atoms with Crippen molar-refractivity contribution in [1.82, 2.24) is 9.80 Å². The van der Waals surface area contributed by atoms with Gasteiger partial charge in [0.05, 0.1) is 19.1 Å². The summed E-state index contributed by atoms with van der Waals surface area (Å²) in [6.45, 7) is 5.63. The summed E-state index contributed by atoms with van der Waals surface area (Å²) in [4.78, 5) is 43.1. The van der Waals surface area contributed by atoms with Gasteiger partial charge in [0, 0.05) is 50.9 Å². The monoisotopic (exact) mass is 583 g/mol. The van der Waals surface area contributed by atoms with Crippen molar-refractivity contribution in [1.29, 1.82) is 0 Å². The molecular formula is C34H53N3O5. The lowest BCUT2D eigenvalue weighted by atomic mass is 9.82. The number of amides is 1. The number of aliphatic carboxylic acids is 1. The van der Waals surface area contributed by atoms with Crippen LogP contribution in [0.2, 0.25) is 0 Å². The molecule has 42 heavy (non-hydrogen) atoms. The molecule has 0 radical (unpaired) electrons. The van der Waals surface area contributed by atoms with Crippen molar-refractivity contribution in [2.75, 3.05) is 39.3 Å². The summed E-state index contributed by atoms with van der Waals surface area (Å²) in [7, 11) is 0. The van der Waals surface area contributed by atoms with Crippen LogP contribution in [0.1, 0.15) is 107 Å². The van der Waals surface area contributed by atoms with E-state index in [1.54, 1.807) is 0 Å². The Balaban J connectivity index is 1.52. The summed E-state index contributed by atoms with van der Waals surface area (Å²) in [6.07, 6.45) is 12.9. The summed E-state index contributed by atoms with van der Waals surface area (Å²) >= 11 is 0. The molecule has 1 amide bonds. The average Bonchev–Trinajstić information content (AvgIpc) is 3.57. The number of nitrogens with two attached hydrogens (primary N) is 1. The van der Waals surface area contributed by atoms with E-state index in [0.717, 1.165) is 94.1 Å². The molecule has 1 aromatic rings. The second-order valence-electron chi connectivity index (χ2n) is 12.8. The fourth-order valence-electron chi connectivity index (χ4n) is 7.38. The number of benzene rings is 1. The molecule has 0 aromatic heterocycles. The number of nitrogens with zero attached hydrogens (tertiary/aromatic N) is 2. The first-order chi connectivity index (χ1) is 20.4. The number of carbonyl (C=O) groups is 3. The molecule has 2 heterocycles. The van der Waals surface area contributed by atoms with Crippen LogP contribution in [0.5, 0.6) is 5.75 Å². The van der Waals surface area contributed by atoms with Gasteiger partial charge in [-0.1, -0.05) is 51.2 Å². The molecule has 0 spiro atoms. The van der Waals surface area contributed by atoms with Gasteiger partial charge in [-0.05, 0) is 68.2 Å². The van der Waals surface area contributed by atoms with Crippen LogP contribution in [0.4, 0.5) is 0 Å². The maximum Gasteiger partial charge on any atom is 0.308 e. The number of unbranched alkanes of at least 4 members (excludes halogenated alkanes) is 2. The van der Waals surface area contributed by atoms with Gasteiger partial charge < -0.3 is 20.5 Å². The highest BCUT2D eigenvalue weighted by atomic mass is 16.5. The molecule has 4 atom stereocenters. The van der Waals surface area contributed by atoms with Crippen LogP contribution >= 0.6 is 0 Å². The predicted octanol–water partition coefficient (Wildman–Crippen LogP) is 5.17. The van der Waals surface area contributed by atoms with Gasteiger partial charge in [0.25, 0.3) is 0 Å². The number of ketones is 1. The first-order valence-corrected chi connectivity index (χ1v) is 16.6. The lowest BCUT2D eigenvalue weighted by Crippen LogP contribution is -2.44. The van der Waals surface area contributed by atoms with Gasteiger partial charge in [0.1, 0.15) is 11.5 Å². The first-order valence-electron chi connectivity index (χ1n) is 16.6. The largest absolute Gasteiger partial charge is 0.493 e. The Morgan fingerprint density at radius 1 is 1.07 bits per heavy atom. The Labute approximate surface area is 252 Å². The molecule has 234 valence electrons. The minimum absolute atomic E-state index is 0.0863. The van der Waals surface area contributed by atoms with Crippen LogP contribution in [-0.2, 0) is 20.8 Å². The smallest absolute Gasteiger partial charge is 0.308 e. The minimum Gasteiger partial charge on any atom is -0.493 e. The Bertz CT molecular complexity index is 1050. The second kappa shape index (κ2) is 16.4. The first kappa shape index (κ1) is 32.5. The SMILES string of the molecule is CCCCN(CCCCN)C(=O)CN1C[C@H](c2ccc3c(c2)CCO3)[C@@H](C(=O)O)[C@@H]1CCCC1CCCCCC(=O)C1. The number of carboxylic acid groups (broad SMARTS) is 1. The zero-order valence-corrected chi connectivity index (χ0v) is 25.7. The fraction of sp³-hybridized carbons (Fsp3) is 0.735. The summed E-state index contributed by atoms with van der Waals surface area (Å²) in [5, 5.41) is 10.6. The summed E-state index contributed by atoms with van der Waals surface area (Å²) < 4.78 is 5.71. The lowest BCUT2D eigenvalue weighted by molar-refractivity contribution is -0.144. The van der Waals surface area contributed by atoms with Crippen molar-refractivity contribution < 1.29 is 24.2 Å². The maximum atomic E-state index is 13.7. The van der Waals surface area contributed by atoms with Crippen molar-refractivity contribution in [3.05, 3.63) is 29.3 Å². The highest BCUT2D eigenvalue weighted by Crippen LogP contribution is 2.42. The van der Waals surface area contributed by atoms with Gasteiger partial charge in [0.15, 0.2) is 0 Å². The molecule has 1 saturated carbocycles. The van der Waals surface area contributed by atoms with E-state index in [0.29, 0.717) is 50.8 Å². The van der Waals surface area contributed by atoms with Gasteiger partial charge in [0.2, 0.25) is 5.91 Å². The van der Waals surface area contributed by atoms with Crippen molar-refractivity contribution in [3.63, 3.8) is 0 Å². The van der Waals surface area contributed by atoms with Crippen LogP contribution in [0.15, 0.2) is 18.2 Å². The summed E-state index contributed by atoms with van der Waals surface area (Å²) in [6, 6.07) is 5.91. The van der Waals surface area contributed by atoms with Crippen LogP contribution < -0.4 is 10.5 Å². The zero-order valence-electron chi connectivity index (χ0n) is 25.7. The molecule has 8 heteroatoms. The summed E-state index contributed by atoms with van der Waals surface area (Å²) in [5.74, 6) is 0.182.